The number of pyridine rings is 1. The van der Waals surface area contributed by atoms with E-state index in [0.717, 1.165) is 15.9 Å². The van der Waals surface area contributed by atoms with E-state index in [1.165, 1.54) is 25.7 Å². The molecule has 1 aliphatic rings. The van der Waals surface area contributed by atoms with E-state index in [-0.39, 0.29) is 0 Å². The van der Waals surface area contributed by atoms with Crippen LogP contribution < -0.4 is 4.74 Å². The molecule has 0 saturated heterocycles. The third-order valence-corrected chi connectivity index (χ3v) is 4.44. The number of nitrogens with one attached hydrogen (secondary N) is 1. The molecular formula is C14H19N3OS. The second-order valence-corrected chi connectivity index (χ2v) is 5.74. The van der Waals surface area contributed by atoms with Gasteiger partial charge in [-0.05, 0) is 37.0 Å². The van der Waals surface area contributed by atoms with E-state index in [2.05, 4.69) is 21.5 Å². The summed E-state index contributed by atoms with van der Waals surface area (Å²) in [6.07, 6.45) is 5.04. The van der Waals surface area contributed by atoms with Crippen LogP contribution in [0.1, 0.15) is 38.6 Å². The highest BCUT2D eigenvalue weighted by molar-refractivity contribution is 7.71. The van der Waals surface area contributed by atoms with Crippen LogP contribution in [0.4, 0.5) is 0 Å². The van der Waals surface area contributed by atoms with Crippen LogP contribution in [0, 0.1) is 10.7 Å². The Labute approximate surface area is 117 Å². The zero-order chi connectivity index (χ0) is 13.4. The number of H-pyrrole nitrogens is 1. The average Bonchev–Trinajstić information content (AvgIpc) is 2.74. The highest BCUT2D eigenvalue weighted by Crippen LogP contribution is 2.35. The first-order valence-electron chi connectivity index (χ1n) is 6.86. The van der Waals surface area contributed by atoms with Gasteiger partial charge in [-0.15, -0.1) is 0 Å². The predicted molar refractivity (Wildman–Crippen MR) is 78.1 cm³/mol. The summed E-state index contributed by atoms with van der Waals surface area (Å²) in [5.74, 6) is 1.28. The van der Waals surface area contributed by atoms with Crippen molar-refractivity contribution in [2.45, 2.75) is 38.6 Å². The van der Waals surface area contributed by atoms with Gasteiger partial charge in [-0.1, -0.05) is 19.8 Å². The average molecular weight is 277 g/mol. The fourth-order valence-electron chi connectivity index (χ4n) is 3.09. The van der Waals surface area contributed by atoms with Crippen molar-refractivity contribution in [3.05, 3.63) is 16.9 Å². The summed E-state index contributed by atoms with van der Waals surface area (Å²) < 4.78 is 8.19. The second kappa shape index (κ2) is 4.96. The minimum atomic E-state index is 0.453. The van der Waals surface area contributed by atoms with Gasteiger partial charge in [-0.25, -0.2) is 0 Å². The summed E-state index contributed by atoms with van der Waals surface area (Å²) in [5.41, 5.74) is 1.91. The van der Waals surface area contributed by atoms with Gasteiger partial charge in [-0.3, -0.25) is 4.57 Å². The number of hydrogen-bond acceptors (Lipinski definition) is 3. The van der Waals surface area contributed by atoms with Crippen LogP contribution in [0.15, 0.2) is 12.1 Å². The molecule has 1 fully saturated rings. The van der Waals surface area contributed by atoms with Crippen molar-refractivity contribution in [1.29, 1.82) is 0 Å². The van der Waals surface area contributed by atoms with Gasteiger partial charge in [0.15, 0.2) is 10.4 Å². The number of aromatic nitrogens is 3. The Kier molecular flexibility index (Phi) is 3.31. The van der Waals surface area contributed by atoms with Crippen LogP contribution in [0.2, 0.25) is 0 Å². The Balaban J connectivity index is 2.15. The van der Waals surface area contributed by atoms with E-state index in [0.29, 0.717) is 17.8 Å². The summed E-state index contributed by atoms with van der Waals surface area (Å²) in [6, 6.07) is 4.30. The normalized spacial score (nSPS) is 23.7. The summed E-state index contributed by atoms with van der Waals surface area (Å²) in [5, 5.41) is 0. The number of aromatic amines is 1. The number of hydrogen-bond donors (Lipinski definition) is 1. The molecule has 0 amide bonds. The van der Waals surface area contributed by atoms with Gasteiger partial charge in [-0.2, -0.15) is 4.98 Å². The lowest BCUT2D eigenvalue weighted by molar-refractivity contribution is 0.259. The van der Waals surface area contributed by atoms with Crippen molar-refractivity contribution in [3.63, 3.8) is 0 Å². The first-order chi connectivity index (χ1) is 9.20. The molecule has 3 rings (SSSR count). The molecule has 0 aromatic carbocycles. The highest BCUT2D eigenvalue weighted by atomic mass is 32.1. The molecule has 19 heavy (non-hydrogen) atoms. The van der Waals surface area contributed by atoms with Gasteiger partial charge in [0.05, 0.1) is 12.6 Å². The minimum Gasteiger partial charge on any atom is -0.481 e. The summed E-state index contributed by atoms with van der Waals surface area (Å²) in [4.78, 5) is 7.82. The van der Waals surface area contributed by atoms with E-state index >= 15 is 0 Å². The molecule has 102 valence electrons. The van der Waals surface area contributed by atoms with Gasteiger partial charge >= 0.3 is 0 Å². The molecule has 2 unspecified atom stereocenters. The molecule has 0 spiro atoms. The van der Waals surface area contributed by atoms with Gasteiger partial charge in [0.1, 0.15) is 0 Å². The standard InChI is InChI=1S/C14H19N3OS/c1-9-5-3-4-6-11(9)17-13-10(15-14(17)19)7-8-12(16-13)18-2/h7-9,11H,3-6H2,1-2H3,(H,15,19). The van der Waals surface area contributed by atoms with Crippen molar-refractivity contribution < 1.29 is 4.74 Å². The minimum absolute atomic E-state index is 0.453. The van der Waals surface area contributed by atoms with E-state index in [4.69, 9.17) is 17.0 Å². The second-order valence-electron chi connectivity index (χ2n) is 5.35. The summed E-state index contributed by atoms with van der Waals surface area (Å²) in [6.45, 7) is 2.31. The zero-order valence-corrected chi connectivity index (χ0v) is 12.2. The molecular weight excluding hydrogens is 258 g/mol. The van der Waals surface area contributed by atoms with Gasteiger partial charge < -0.3 is 9.72 Å². The molecule has 0 aliphatic heterocycles. The number of fused-ring (bicyclic) bond motifs is 1. The lowest BCUT2D eigenvalue weighted by atomic mass is 9.86. The Morgan fingerprint density at radius 3 is 2.89 bits per heavy atom. The first-order valence-corrected chi connectivity index (χ1v) is 7.27. The molecule has 2 atom stereocenters. The predicted octanol–water partition coefficient (Wildman–Crippen LogP) is 3.85. The lowest BCUT2D eigenvalue weighted by Gasteiger charge is -2.30. The molecule has 2 aromatic rings. The van der Waals surface area contributed by atoms with E-state index in [9.17, 15) is 0 Å². The molecule has 2 aromatic heterocycles. The number of methoxy groups -OCH3 is 1. The zero-order valence-electron chi connectivity index (χ0n) is 11.3. The smallest absolute Gasteiger partial charge is 0.215 e. The van der Waals surface area contributed by atoms with Crippen molar-refractivity contribution >= 4 is 23.4 Å². The van der Waals surface area contributed by atoms with Gasteiger partial charge in [0.2, 0.25) is 5.88 Å². The maximum atomic E-state index is 5.49. The molecule has 1 saturated carbocycles. The fourth-order valence-corrected chi connectivity index (χ4v) is 3.42. The number of rotatable bonds is 2. The Morgan fingerprint density at radius 2 is 2.16 bits per heavy atom. The third-order valence-electron chi connectivity index (χ3n) is 4.15. The molecule has 4 nitrogen and oxygen atoms in total. The van der Waals surface area contributed by atoms with Crippen LogP contribution in [0.5, 0.6) is 5.88 Å². The number of nitrogens with zero attached hydrogens (tertiary/aromatic N) is 2. The summed E-state index contributed by atoms with van der Waals surface area (Å²) >= 11 is 5.49. The van der Waals surface area contributed by atoms with Crippen LogP contribution in [0.3, 0.4) is 0 Å². The largest absolute Gasteiger partial charge is 0.481 e. The van der Waals surface area contributed by atoms with Gasteiger partial charge in [0.25, 0.3) is 0 Å². The summed E-state index contributed by atoms with van der Waals surface area (Å²) in [7, 11) is 1.64. The van der Waals surface area contributed by atoms with Gasteiger partial charge in [0, 0.05) is 12.1 Å². The number of ether oxygens (including phenoxy) is 1. The monoisotopic (exact) mass is 277 g/mol. The molecule has 1 N–H and O–H groups in total. The van der Waals surface area contributed by atoms with Crippen molar-refractivity contribution in [2.75, 3.05) is 7.11 Å². The Hall–Kier alpha value is -1.36. The SMILES string of the molecule is COc1ccc2[nH]c(=S)n(C3CCCCC3C)c2n1. The molecule has 0 bridgehead atoms. The van der Waals surface area contributed by atoms with Crippen LogP contribution in [-0.2, 0) is 0 Å². The molecule has 0 radical (unpaired) electrons. The maximum absolute atomic E-state index is 5.49. The molecule has 5 heteroatoms. The first kappa shape index (κ1) is 12.7. The lowest BCUT2D eigenvalue weighted by Crippen LogP contribution is -2.21. The molecule has 1 aliphatic carbocycles. The maximum Gasteiger partial charge on any atom is 0.215 e. The van der Waals surface area contributed by atoms with Crippen LogP contribution in [-0.4, -0.2) is 21.6 Å². The Morgan fingerprint density at radius 1 is 1.37 bits per heavy atom. The number of imidazole rings is 1. The van der Waals surface area contributed by atoms with Crippen molar-refractivity contribution in [2.24, 2.45) is 5.92 Å². The van der Waals surface area contributed by atoms with Crippen LogP contribution >= 0.6 is 12.2 Å². The van der Waals surface area contributed by atoms with E-state index in [1.54, 1.807) is 7.11 Å². The van der Waals surface area contributed by atoms with E-state index < -0.39 is 0 Å². The fraction of sp³-hybridized carbons (Fsp3) is 0.571. The molecule has 2 heterocycles. The van der Waals surface area contributed by atoms with Crippen LogP contribution in [0.25, 0.3) is 11.2 Å². The Bertz CT molecular complexity index is 646. The van der Waals surface area contributed by atoms with E-state index in [1.807, 2.05) is 12.1 Å². The third kappa shape index (κ3) is 2.16. The highest BCUT2D eigenvalue weighted by Gasteiger charge is 2.25. The quantitative estimate of drug-likeness (QED) is 0.848. The topological polar surface area (TPSA) is 42.8 Å². The van der Waals surface area contributed by atoms with Crippen molar-refractivity contribution in [3.8, 4) is 5.88 Å². The van der Waals surface area contributed by atoms with Crippen molar-refractivity contribution in [1.82, 2.24) is 14.5 Å².